The molecule has 0 aliphatic rings. The Morgan fingerprint density at radius 3 is 2.12 bits per heavy atom. The van der Waals surface area contributed by atoms with Gasteiger partial charge in [-0.25, -0.2) is 4.21 Å². The van der Waals surface area contributed by atoms with E-state index in [1.807, 2.05) is 18.6 Å². The first-order valence-corrected chi connectivity index (χ1v) is 5.87. The van der Waals surface area contributed by atoms with E-state index in [0.29, 0.717) is 5.56 Å². The number of nitrogens with one attached hydrogen (secondary N) is 1. The van der Waals surface area contributed by atoms with Crippen LogP contribution in [-0.4, -0.2) is 9.72 Å². The minimum atomic E-state index is -4.73. The van der Waals surface area contributed by atoms with Crippen LogP contribution in [0.15, 0.2) is 24.3 Å². The Hall–Kier alpha value is -1.04. The monoisotopic (exact) mass is 253 g/mol. The van der Waals surface area contributed by atoms with Crippen molar-refractivity contribution in [1.29, 1.82) is 0 Å². The standard InChI is InChI=1S/C8H8F3NOS.C2H6/c1-6-4-2-3-5-7(6)12-14(13)8(9,10)11;1-2/h2-5,12H,1H3;1-2H3. The van der Waals surface area contributed by atoms with Gasteiger partial charge in [0.2, 0.25) is 11.0 Å². The number of halogens is 3. The molecular formula is C10H14F3NOS. The summed E-state index contributed by atoms with van der Waals surface area (Å²) in [6.45, 7) is 5.63. The minimum Gasteiger partial charge on any atom is -0.297 e. The van der Waals surface area contributed by atoms with Gasteiger partial charge < -0.3 is 0 Å². The molecule has 92 valence electrons. The summed E-state index contributed by atoms with van der Waals surface area (Å²) >= 11 is 0. The number of benzene rings is 1. The number of para-hydroxylation sites is 1. The van der Waals surface area contributed by atoms with Crippen LogP contribution >= 0.6 is 0 Å². The van der Waals surface area contributed by atoms with E-state index < -0.39 is 16.5 Å². The maximum atomic E-state index is 11.9. The zero-order valence-corrected chi connectivity index (χ0v) is 10.1. The van der Waals surface area contributed by atoms with E-state index in [4.69, 9.17) is 0 Å². The highest BCUT2D eigenvalue weighted by molar-refractivity contribution is 7.87. The largest absolute Gasteiger partial charge is 0.490 e. The molecule has 0 saturated heterocycles. The van der Waals surface area contributed by atoms with Gasteiger partial charge in [0.25, 0.3) is 0 Å². The highest BCUT2D eigenvalue weighted by Crippen LogP contribution is 2.23. The van der Waals surface area contributed by atoms with E-state index in [1.54, 1.807) is 25.1 Å². The molecule has 6 heteroatoms. The van der Waals surface area contributed by atoms with Crippen LogP contribution in [0.25, 0.3) is 0 Å². The molecule has 0 spiro atoms. The van der Waals surface area contributed by atoms with Crippen molar-refractivity contribution in [3.8, 4) is 0 Å². The third-order valence-electron chi connectivity index (χ3n) is 1.56. The predicted molar refractivity (Wildman–Crippen MR) is 60.3 cm³/mol. The second-order valence-corrected chi connectivity index (χ2v) is 3.84. The van der Waals surface area contributed by atoms with Gasteiger partial charge in [0, 0.05) is 5.69 Å². The highest BCUT2D eigenvalue weighted by Gasteiger charge is 2.37. The molecule has 0 saturated carbocycles. The van der Waals surface area contributed by atoms with Crippen LogP contribution in [0.3, 0.4) is 0 Å². The Labute approximate surface area is 95.5 Å². The van der Waals surface area contributed by atoms with Gasteiger partial charge in [-0.05, 0) is 18.6 Å². The first kappa shape index (κ1) is 15.0. The molecule has 0 heterocycles. The van der Waals surface area contributed by atoms with Gasteiger partial charge in [0.1, 0.15) is 0 Å². The number of rotatable bonds is 2. The van der Waals surface area contributed by atoms with E-state index in [0.717, 1.165) is 0 Å². The van der Waals surface area contributed by atoms with Gasteiger partial charge in [0.05, 0.1) is 0 Å². The van der Waals surface area contributed by atoms with Crippen LogP contribution in [0, 0.1) is 6.92 Å². The lowest BCUT2D eigenvalue weighted by Crippen LogP contribution is -2.23. The van der Waals surface area contributed by atoms with Crippen LogP contribution in [0.5, 0.6) is 0 Å². The van der Waals surface area contributed by atoms with Gasteiger partial charge in [0.15, 0.2) is 0 Å². The third kappa shape index (κ3) is 4.65. The Kier molecular flexibility index (Phi) is 6.10. The molecule has 0 radical (unpaired) electrons. The Bertz CT molecular complexity index is 352. The van der Waals surface area contributed by atoms with Crippen molar-refractivity contribution in [2.24, 2.45) is 0 Å². The summed E-state index contributed by atoms with van der Waals surface area (Å²) < 4.78 is 48.3. The summed E-state index contributed by atoms with van der Waals surface area (Å²) in [5.74, 6) is 0. The Morgan fingerprint density at radius 1 is 1.19 bits per heavy atom. The molecule has 0 fully saturated rings. The van der Waals surface area contributed by atoms with E-state index in [-0.39, 0.29) is 5.69 Å². The van der Waals surface area contributed by atoms with Crippen molar-refractivity contribution in [2.45, 2.75) is 26.3 Å². The molecule has 1 rings (SSSR count). The van der Waals surface area contributed by atoms with Crippen molar-refractivity contribution < 1.29 is 17.4 Å². The lowest BCUT2D eigenvalue weighted by molar-refractivity contribution is -0.0379. The fraction of sp³-hybridized carbons (Fsp3) is 0.400. The van der Waals surface area contributed by atoms with E-state index in [1.165, 1.54) is 6.07 Å². The topological polar surface area (TPSA) is 29.1 Å². The van der Waals surface area contributed by atoms with Crippen molar-refractivity contribution in [2.75, 3.05) is 4.72 Å². The molecule has 0 bridgehead atoms. The zero-order valence-electron chi connectivity index (χ0n) is 9.26. The number of alkyl halides is 3. The SMILES string of the molecule is CC.Cc1ccccc1NS(=O)C(F)(F)F. The molecule has 16 heavy (non-hydrogen) atoms. The lowest BCUT2D eigenvalue weighted by Gasteiger charge is -2.10. The average molecular weight is 253 g/mol. The number of hydrogen-bond donors (Lipinski definition) is 1. The molecule has 0 aromatic heterocycles. The smallest absolute Gasteiger partial charge is 0.297 e. The number of aryl methyl sites for hydroxylation is 1. The molecule has 1 N–H and O–H groups in total. The summed E-state index contributed by atoms with van der Waals surface area (Å²) in [4.78, 5) is 0. The second kappa shape index (κ2) is 6.52. The number of anilines is 1. The molecule has 1 atom stereocenters. The summed E-state index contributed by atoms with van der Waals surface area (Å²) in [6.07, 6.45) is 0. The number of hydrogen-bond acceptors (Lipinski definition) is 1. The van der Waals surface area contributed by atoms with Crippen LogP contribution in [0.1, 0.15) is 19.4 Å². The maximum absolute atomic E-state index is 11.9. The average Bonchev–Trinajstić information content (AvgIpc) is 2.23. The maximum Gasteiger partial charge on any atom is 0.490 e. The van der Waals surface area contributed by atoms with Gasteiger partial charge in [-0.2, -0.15) is 13.2 Å². The van der Waals surface area contributed by atoms with Crippen molar-refractivity contribution in [3.63, 3.8) is 0 Å². The Balaban J connectivity index is 0.00000106. The molecule has 1 aromatic carbocycles. The molecule has 1 unspecified atom stereocenters. The van der Waals surface area contributed by atoms with Gasteiger partial charge in [-0.1, -0.05) is 32.0 Å². The predicted octanol–water partition coefficient (Wildman–Crippen LogP) is 3.62. The fourth-order valence-corrected chi connectivity index (χ4v) is 1.39. The van der Waals surface area contributed by atoms with Crippen molar-refractivity contribution in [1.82, 2.24) is 0 Å². The van der Waals surface area contributed by atoms with Crippen LogP contribution in [0.4, 0.5) is 18.9 Å². The van der Waals surface area contributed by atoms with Crippen LogP contribution in [-0.2, 0) is 11.0 Å². The molecule has 1 aromatic rings. The van der Waals surface area contributed by atoms with E-state index in [2.05, 4.69) is 0 Å². The van der Waals surface area contributed by atoms with Gasteiger partial charge in [-0.3, -0.25) is 4.72 Å². The summed E-state index contributed by atoms with van der Waals surface area (Å²) in [5.41, 5.74) is -3.89. The van der Waals surface area contributed by atoms with Gasteiger partial charge in [-0.15, -0.1) is 0 Å². The van der Waals surface area contributed by atoms with Gasteiger partial charge >= 0.3 is 5.51 Å². The lowest BCUT2D eigenvalue weighted by atomic mass is 10.2. The molecule has 0 amide bonds. The van der Waals surface area contributed by atoms with E-state index in [9.17, 15) is 17.4 Å². The van der Waals surface area contributed by atoms with Crippen LogP contribution in [0.2, 0.25) is 0 Å². The van der Waals surface area contributed by atoms with Crippen molar-refractivity contribution in [3.05, 3.63) is 29.8 Å². The second-order valence-electron chi connectivity index (χ2n) is 2.63. The van der Waals surface area contributed by atoms with E-state index >= 15 is 0 Å². The molecular weight excluding hydrogens is 239 g/mol. The highest BCUT2D eigenvalue weighted by atomic mass is 32.2. The fourth-order valence-electron chi connectivity index (χ4n) is 0.845. The third-order valence-corrected chi connectivity index (χ3v) is 2.38. The molecule has 0 aliphatic heterocycles. The summed E-state index contributed by atoms with van der Waals surface area (Å²) in [5, 5.41) is 0. The summed E-state index contributed by atoms with van der Waals surface area (Å²) in [6, 6.07) is 6.34. The minimum absolute atomic E-state index is 0.225. The molecule has 2 nitrogen and oxygen atoms in total. The quantitative estimate of drug-likeness (QED) is 0.857. The van der Waals surface area contributed by atoms with Crippen molar-refractivity contribution >= 4 is 16.7 Å². The first-order valence-electron chi connectivity index (χ1n) is 4.72. The zero-order chi connectivity index (χ0) is 12.8. The normalized spacial score (nSPS) is 12.4. The van der Waals surface area contributed by atoms with Crippen LogP contribution < -0.4 is 4.72 Å². The first-order chi connectivity index (χ1) is 7.41. The summed E-state index contributed by atoms with van der Waals surface area (Å²) in [7, 11) is -3.05. The molecule has 0 aliphatic carbocycles. The Morgan fingerprint density at radius 2 is 1.69 bits per heavy atom.